The molecule has 2 aromatic rings. The third kappa shape index (κ3) is 22.1. The maximum absolute atomic E-state index is 14.3. The number of hydrogen-bond donors (Lipinski definition) is 8. The van der Waals surface area contributed by atoms with Gasteiger partial charge in [-0.1, -0.05) is 104 Å². The number of carbonyl (C=O) groups excluding carboxylic acids is 11. The molecular weight excluding hydrogens is 1160 g/mol. The third-order valence-corrected chi connectivity index (χ3v) is 17.0. The van der Waals surface area contributed by atoms with Gasteiger partial charge in [0.25, 0.3) is 0 Å². The number of aliphatic hydroxyl groups excluding tert-OH is 1. The van der Waals surface area contributed by atoms with Crippen molar-refractivity contribution in [3.05, 3.63) is 65.7 Å². The number of imide groups is 1. The molecule has 2 fully saturated rings. The molecule has 0 bridgehead atoms. The summed E-state index contributed by atoms with van der Waals surface area (Å²) in [7, 11) is 6.00. The number of nitrogens with zero attached hydrogens (tertiary/aromatic N) is 4. The SMILES string of the molecule is CC[C@H](C)[C@@H]([C@@H](CC(=O)N1CCC[C@H]1[C@H](OC)[C@@H](C)C(=O)N[C@H](C)[C@@H](O)c1ccccc1)OC)N(C)C(=O)CNC(=O)C(C(C)C)N(C)C(=O)OCc1ccc(NC(=O)[C@H](CCCNC(N)=O)NC(=O)CNC(=O)CCCCCN2C(=O)CC(C)(C)C2=O)cc1. The Morgan fingerprint density at radius 1 is 0.789 bits per heavy atom. The molecule has 2 aliphatic heterocycles. The van der Waals surface area contributed by atoms with Crippen molar-refractivity contribution in [1.82, 2.24) is 46.2 Å². The second kappa shape index (κ2) is 36.2. The molecule has 2 saturated heterocycles. The lowest BCUT2D eigenvalue weighted by Crippen LogP contribution is -2.56. The zero-order valence-corrected chi connectivity index (χ0v) is 54.6. The van der Waals surface area contributed by atoms with Gasteiger partial charge in [0.15, 0.2) is 0 Å². The first-order valence-corrected chi connectivity index (χ1v) is 31.2. The third-order valence-electron chi connectivity index (χ3n) is 17.0. The number of hydrogen-bond acceptors (Lipinski definition) is 15. The van der Waals surface area contributed by atoms with Gasteiger partial charge in [0, 0.05) is 66.5 Å². The zero-order valence-electron chi connectivity index (χ0n) is 54.6. The maximum atomic E-state index is 14.3. The Kier molecular flexibility index (Phi) is 30.1. The molecule has 2 aromatic carbocycles. The van der Waals surface area contributed by atoms with E-state index in [9.17, 15) is 57.8 Å². The van der Waals surface area contributed by atoms with Gasteiger partial charge in [0.2, 0.25) is 53.2 Å². The molecular formula is C64H99N11O15. The molecule has 12 amide bonds. The molecule has 26 heteroatoms. The average molecular weight is 1260 g/mol. The van der Waals surface area contributed by atoms with Gasteiger partial charge in [-0.25, -0.2) is 9.59 Å². The first-order valence-electron chi connectivity index (χ1n) is 31.2. The van der Waals surface area contributed by atoms with Crippen LogP contribution >= 0.6 is 0 Å². The molecule has 4 rings (SSSR count). The number of anilines is 1. The second-order valence-corrected chi connectivity index (χ2v) is 24.6. The summed E-state index contributed by atoms with van der Waals surface area (Å²) in [4.78, 5) is 150. The van der Waals surface area contributed by atoms with Crippen LogP contribution in [-0.4, -0.2) is 193 Å². The Morgan fingerprint density at radius 2 is 1.47 bits per heavy atom. The van der Waals surface area contributed by atoms with Gasteiger partial charge in [0.05, 0.1) is 67.3 Å². The summed E-state index contributed by atoms with van der Waals surface area (Å²) in [6.45, 7) is 14.1. The van der Waals surface area contributed by atoms with E-state index in [2.05, 4.69) is 31.9 Å². The van der Waals surface area contributed by atoms with Crippen LogP contribution in [0.15, 0.2) is 54.6 Å². The number of likely N-dealkylation sites (N-methyl/N-ethyl adjacent to an activating group) is 2. The molecule has 2 heterocycles. The lowest BCUT2D eigenvalue weighted by molar-refractivity contribution is -0.146. The number of ether oxygens (including phenoxy) is 3. The highest BCUT2D eigenvalue weighted by molar-refractivity contribution is 6.05. The molecule has 9 N–H and O–H groups in total. The summed E-state index contributed by atoms with van der Waals surface area (Å²) >= 11 is 0. The van der Waals surface area contributed by atoms with E-state index in [1.165, 1.54) is 31.1 Å². The van der Waals surface area contributed by atoms with Gasteiger partial charge in [-0.05, 0) is 80.5 Å². The molecule has 1 unspecified atom stereocenters. The lowest BCUT2D eigenvalue weighted by Gasteiger charge is -2.39. The number of rotatable bonds is 36. The van der Waals surface area contributed by atoms with Crippen LogP contribution in [0.1, 0.15) is 143 Å². The molecule has 0 radical (unpaired) electrons. The number of methoxy groups -OCH3 is 2. The van der Waals surface area contributed by atoms with Crippen LogP contribution in [0.2, 0.25) is 0 Å². The predicted octanol–water partition coefficient (Wildman–Crippen LogP) is 3.89. The van der Waals surface area contributed by atoms with E-state index in [1.807, 2.05) is 32.0 Å². The minimum absolute atomic E-state index is 0.0835. The molecule has 2 aliphatic rings. The number of likely N-dealkylation sites (tertiary alicyclic amines) is 2. The van der Waals surface area contributed by atoms with Crippen molar-refractivity contribution < 1.29 is 72.1 Å². The predicted molar refractivity (Wildman–Crippen MR) is 335 cm³/mol. The largest absolute Gasteiger partial charge is 0.445 e. The summed E-state index contributed by atoms with van der Waals surface area (Å²) in [6.07, 6.45) is 0.860. The van der Waals surface area contributed by atoms with Crippen LogP contribution in [0, 0.1) is 23.2 Å². The zero-order chi connectivity index (χ0) is 67.0. The fourth-order valence-electron chi connectivity index (χ4n) is 11.6. The molecule has 0 aromatic heterocycles. The number of carbonyl (C=O) groups is 11. The van der Waals surface area contributed by atoms with Gasteiger partial charge in [-0.2, -0.15) is 0 Å². The van der Waals surface area contributed by atoms with Crippen LogP contribution in [0.5, 0.6) is 0 Å². The van der Waals surface area contributed by atoms with Crippen LogP contribution in [0.3, 0.4) is 0 Å². The van der Waals surface area contributed by atoms with Crippen molar-refractivity contribution in [2.75, 3.05) is 66.4 Å². The van der Waals surface area contributed by atoms with E-state index in [0.29, 0.717) is 61.9 Å². The van der Waals surface area contributed by atoms with Crippen LogP contribution < -0.4 is 37.6 Å². The Hall–Kier alpha value is -7.71. The van der Waals surface area contributed by atoms with Crippen LogP contribution in [0.25, 0.3) is 0 Å². The fraction of sp³-hybridized carbons (Fsp3) is 0.641. The quantitative estimate of drug-likeness (QED) is 0.0354. The summed E-state index contributed by atoms with van der Waals surface area (Å²) in [5.41, 5.74) is 6.01. The van der Waals surface area contributed by atoms with E-state index < -0.39 is 121 Å². The first-order chi connectivity index (χ1) is 42.6. The molecule has 26 nitrogen and oxygen atoms in total. The second-order valence-electron chi connectivity index (χ2n) is 24.6. The topological polar surface area (TPSA) is 347 Å². The summed E-state index contributed by atoms with van der Waals surface area (Å²) in [5.74, 6) is -4.91. The molecule has 500 valence electrons. The lowest BCUT2D eigenvalue weighted by atomic mass is 9.90. The summed E-state index contributed by atoms with van der Waals surface area (Å²) in [6, 6.07) is 10.8. The van der Waals surface area contributed by atoms with Gasteiger partial charge in [-0.15, -0.1) is 0 Å². The van der Waals surface area contributed by atoms with Crippen molar-refractivity contribution >= 4 is 71.0 Å². The highest BCUT2D eigenvalue weighted by atomic mass is 16.6. The first kappa shape index (κ1) is 74.8. The number of aliphatic hydroxyl groups is 1. The average Bonchev–Trinajstić information content (AvgIpc) is 1.86. The number of unbranched alkanes of at least 4 members (excludes halogenated alkanes) is 2. The minimum Gasteiger partial charge on any atom is -0.445 e. The smallest absolute Gasteiger partial charge is 0.410 e. The summed E-state index contributed by atoms with van der Waals surface area (Å²) in [5, 5.41) is 26.9. The molecule has 10 atom stereocenters. The van der Waals surface area contributed by atoms with Crippen molar-refractivity contribution in [1.29, 1.82) is 0 Å². The van der Waals surface area contributed by atoms with E-state index in [0.717, 1.165) is 4.90 Å². The van der Waals surface area contributed by atoms with Crippen molar-refractivity contribution in [2.45, 2.75) is 181 Å². The van der Waals surface area contributed by atoms with Crippen molar-refractivity contribution in [3.63, 3.8) is 0 Å². The van der Waals surface area contributed by atoms with E-state index in [-0.39, 0.29) is 81.3 Å². The number of amides is 12. The van der Waals surface area contributed by atoms with Gasteiger partial charge in [0.1, 0.15) is 18.7 Å². The summed E-state index contributed by atoms with van der Waals surface area (Å²) < 4.78 is 17.5. The fourth-order valence-corrected chi connectivity index (χ4v) is 11.6. The van der Waals surface area contributed by atoms with E-state index in [1.54, 1.807) is 89.9 Å². The molecule has 0 saturated carbocycles. The Morgan fingerprint density at radius 3 is 2.07 bits per heavy atom. The molecule has 0 aliphatic carbocycles. The van der Waals surface area contributed by atoms with E-state index >= 15 is 0 Å². The number of urea groups is 1. The van der Waals surface area contributed by atoms with Crippen molar-refractivity contribution in [3.8, 4) is 0 Å². The monoisotopic (exact) mass is 1260 g/mol. The van der Waals surface area contributed by atoms with Gasteiger partial charge in [-0.3, -0.25) is 53.0 Å². The van der Waals surface area contributed by atoms with Gasteiger partial charge >= 0.3 is 12.1 Å². The highest BCUT2D eigenvalue weighted by Crippen LogP contribution is 2.33. The van der Waals surface area contributed by atoms with E-state index in [4.69, 9.17) is 19.9 Å². The van der Waals surface area contributed by atoms with Crippen LogP contribution in [-0.2, 0) is 64.0 Å². The van der Waals surface area contributed by atoms with Crippen molar-refractivity contribution in [2.24, 2.45) is 28.9 Å². The molecule has 90 heavy (non-hydrogen) atoms. The number of primary amides is 1. The maximum Gasteiger partial charge on any atom is 0.410 e. The van der Waals surface area contributed by atoms with Crippen LogP contribution in [0.4, 0.5) is 15.3 Å². The standard InChI is InChI=1S/C64H99N11O15/c1-13-40(4)55(48(88-11)34-51(78)74-33-21-25-47(74)57(89-12)41(5)58(82)69-42(6)56(81)44-22-16-14-17-23-44)72(9)53(80)37-68-60(84)54(39(2)3)73(10)63(87)90-38-43-27-29-45(30-28-43)70-59(83)46(24-20-31-66-62(65)86)71-50(77)36-67-49(76)26-18-15-19-32-75-52(79)35-64(7,8)61(75)85/h14,16-17,22-23,27-30,39-42,46-48,54-57,81H,13,15,18-21,24-26,31-38H2,1-12H3,(H,67,76)(H,68,84)(H,69,82)(H,70,83)(H,71,77)(H3,65,66,86)/t40-,41+,42+,46-,47-,48+,54?,55-,56+,57+/m0/s1. The Bertz CT molecular complexity index is 2750. The number of nitrogens with one attached hydrogen (secondary N) is 6. The molecule has 0 spiro atoms. The Balaban J connectivity index is 1.28. The normalized spacial score (nSPS) is 17.6. The number of benzene rings is 2. The Labute approximate surface area is 529 Å². The highest BCUT2D eigenvalue weighted by Gasteiger charge is 2.45. The van der Waals surface area contributed by atoms with Gasteiger partial charge < -0.3 is 66.8 Å². The number of nitrogens with two attached hydrogens (primary N) is 1. The minimum atomic E-state index is -1.08.